The van der Waals surface area contributed by atoms with Crippen LogP contribution in [0.4, 0.5) is 0 Å². The first-order valence-corrected chi connectivity index (χ1v) is 13.7. The summed E-state index contributed by atoms with van der Waals surface area (Å²) in [5.41, 5.74) is 1.64. The predicted octanol–water partition coefficient (Wildman–Crippen LogP) is 9.21. The molecule has 0 bridgehead atoms. The van der Waals surface area contributed by atoms with E-state index in [2.05, 4.69) is 19.1 Å². The Balaban J connectivity index is 1.59. The van der Waals surface area contributed by atoms with E-state index in [1.54, 1.807) is 12.1 Å². The average Bonchev–Trinajstić information content (AvgIpc) is 2.88. The fraction of sp³-hybridized carbons (Fsp3) is 0.469. The second kappa shape index (κ2) is 18.3. The van der Waals surface area contributed by atoms with E-state index in [0.717, 1.165) is 31.2 Å². The smallest absolute Gasteiger partial charge is 0.311 e. The topological polar surface area (TPSA) is 66.8 Å². The van der Waals surface area contributed by atoms with Crippen molar-refractivity contribution in [2.24, 2.45) is 0 Å². The normalized spacial score (nSPS) is 11.5. The summed E-state index contributed by atoms with van der Waals surface area (Å²) in [4.78, 5) is 12.3. The van der Waals surface area contributed by atoms with Crippen molar-refractivity contribution < 1.29 is 19.7 Å². The molecule has 0 radical (unpaired) electrons. The van der Waals surface area contributed by atoms with Gasteiger partial charge in [0.05, 0.1) is 0 Å². The number of rotatable bonds is 18. The summed E-state index contributed by atoms with van der Waals surface area (Å²) in [6, 6.07) is 12.8. The largest absolute Gasteiger partial charge is 0.504 e. The van der Waals surface area contributed by atoms with Crippen LogP contribution in [0.1, 0.15) is 108 Å². The number of unbranched alkanes of at least 4 members (excludes halogenated alkanes) is 11. The van der Waals surface area contributed by atoms with Gasteiger partial charge in [0.15, 0.2) is 11.5 Å². The van der Waals surface area contributed by atoms with Gasteiger partial charge in [0, 0.05) is 6.42 Å². The lowest BCUT2D eigenvalue weighted by atomic mass is 10.1. The number of carbonyl (C=O) groups excluding carboxylic acids is 1. The quantitative estimate of drug-likeness (QED) is 0.0543. The highest BCUT2D eigenvalue weighted by Crippen LogP contribution is 2.37. The zero-order valence-corrected chi connectivity index (χ0v) is 22.0. The highest BCUT2D eigenvalue weighted by molar-refractivity contribution is 5.76. The average molecular weight is 493 g/mol. The molecule has 0 unspecified atom stereocenters. The van der Waals surface area contributed by atoms with E-state index in [4.69, 9.17) is 4.74 Å². The van der Waals surface area contributed by atoms with Gasteiger partial charge in [-0.25, -0.2) is 0 Å². The maximum atomic E-state index is 12.3. The van der Waals surface area contributed by atoms with Crippen molar-refractivity contribution in [3.8, 4) is 17.2 Å². The maximum Gasteiger partial charge on any atom is 0.311 e. The van der Waals surface area contributed by atoms with Crippen molar-refractivity contribution in [1.82, 2.24) is 0 Å². The molecule has 0 saturated heterocycles. The van der Waals surface area contributed by atoms with Crippen molar-refractivity contribution in [3.05, 3.63) is 65.7 Å². The van der Waals surface area contributed by atoms with Gasteiger partial charge in [-0.1, -0.05) is 113 Å². The minimum Gasteiger partial charge on any atom is -0.504 e. The second-order valence-corrected chi connectivity index (χ2v) is 9.44. The number of allylic oxidation sites excluding steroid dienone is 2. The van der Waals surface area contributed by atoms with Gasteiger partial charge in [-0.05, 0) is 55.4 Å². The van der Waals surface area contributed by atoms with E-state index in [9.17, 15) is 15.0 Å². The highest BCUT2D eigenvalue weighted by atomic mass is 16.5. The van der Waals surface area contributed by atoms with Gasteiger partial charge in [-0.3, -0.25) is 4.79 Å². The molecular formula is C32H44O4. The van der Waals surface area contributed by atoms with E-state index >= 15 is 0 Å². The van der Waals surface area contributed by atoms with Crippen LogP contribution in [0.3, 0.4) is 0 Å². The number of phenols is 2. The molecular weight excluding hydrogens is 448 g/mol. The third kappa shape index (κ3) is 12.6. The summed E-state index contributed by atoms with van der Waals surface area (Å²) in [7, 11) is 0. The molecule has 4 heteroatoms. The maximum absolute atomic E-state index is 12.3. The molecule has 0 saturated carbocycles. The van der Waals surface area contributed by atoms with Crippen LogP contribution in [0, 0.1) is 0 Å². The monoisotopic (exact) mass is 492 g/mol. The van der Waals surface area contributed by atoms with E-state index in [1.807, 2.05) is 36.4 Å². The molecule has 0 aromatic heterocycles. The van der Waals surface area contributed by atoms with Crippen molar-refractivity contribution in [3.63, 3.8) is 0 Å². The minimum absolute atomic E-state index is 0.0135. The second-order valence-electron chi connectivity index (χ2n) is 9.44. The third-order valence-corrected chi connectivity index (χ3v) is 6.21. The molecule has 2 aromatic carbocycles. The molecule has 0 fully saturated rings. The van der Waals surface area contributed by atoms with E-state index < -0.39 is 11.7 Å². The number of carbonyl (C=O) groups is 1. The lowest BCUT2D eigenvalue weighted by molar-refractivity contribution is -0.134. The zero-order valence-electron chi connectivity index (χ0n) is 22.0. The van der Waals surface area contributed by atoms with Gasteiger partial charge >= 0.3 is 5.97 Å². The summed E-state index contributed by atoms with van der Waals surface area (Å²) < 4.78 is 5.35. The van der Waals surface area contributed by atoms with Crippen molar-refractivity contribution in [2.75, 3.05) is 0 Å². The third-order valence-electron chi connectivity index (χ3n) is 6.21. The van der Waals surface area contributed by atoms with Crippen LogP contribution >= 0.6 is 0 Å². The van der Waals surface area contributed by atoms with Gasteiger partial charge in [0.25, 0.3) is 0 Å². The van der Waals surface area contributed by atoms with Gasteiger partial charge in [-0.15, -0.1) is 0 Å². The molecule has 0 aliphatic heterocycles. The molecule has 4 nitrogen and oxygen atoms in total. The molecule has 0 spiro atoms. The van der Waals surface area contributed by atoms with Crippen LogP contribution in [-0.2, 0) is 4.79 Å². The van der Waals surface area contributed by atoms with Crippen molar-refractivity contribution in [2.45, 2.75) is 96.8 Å². The number of phenolic OH excluding ortho intramolecular Hbond substituents is 2. The summed E-state index contributed by atoms with van der Waals surface area (Å²) in [6.45, 7) is 2.25. The lowest BCUT2D eigenvalue weighted by Gasteiger charge is -2.09. The summed E-state index contributed by atoms with van der Waals surface area (Å²) in [5.74, 6) is -1.13. The van der Waals surface area contributed by atoms with Crippen LogP contribution in [0.15, 0.2) is 54.6 Å². The Morgan fingerprint density at radius 3 is 2.00 bits per heavy atom. The zero-order chi connectivity index (χ0) is 25.8. The molecule has 0 atom stereocenters. The Morgan fingerprint density at radius 1 is 0.750 bits per heavy atom. The number of esters is 1. The molecule has 196 valence electrons. The Labute approximate surface area is 217 Å². The Bertz CT molecular complexity index is 931. The molecule has 2 rings (SSSR count). The van der Waals surface area contributed by atoms with Gasteiger partial charge in [-0.2, -0.15) is 0 Å². The van der Waals surface area contributed by atoms with Crippen molar-refractivity contribution >= 4 is 18.1 Å². The molecule has 2 aromatic rings. The standard InChI is InChI=1S/C32H44O4/c1-2-3-4-5-6-7-8-9-10-11-12-13-14-15-19-22-31(34)36-30-26-28(25-29(33)32(30)35)24-23-27-20-17-16-18-21-27/h9-10,16-18,20-21,23-26,33,35H,2-8,11-15,19,22H2,1H3/b10-9-,24-23?. The van der Waals surface area contributed by atoms with Crippen LogP contribution < -0.4 is 4.74 Å². The first kappa shape index (κ1) is 29.2. The number of hydrogen-bond donors (Lipinski definition) is 2. The summed E-state index contributed by atoms with van der Waals surface area (Å²) >= 11 is 0. The minimum atomic E-state index is -0.412. The Morgan fingerprint density at radius 2 is 1.33 bits per heavy atom. The van der Waals surface area contributed by atoms with Crippen LogP contribution in [0.2, 0.25) is 0 Å². The predicted molar refractivity (Wildman–Crippen MR) is 150 cm³/mol. The first-order chi connectivity index (χ1) is 17.6. The van der Waals surface area contributed by atoms with E-state index in [1.165, 1.54) is 63.9 Å². The van der Waals surface area contributed by atoms with Gasteiger partial charge in [0.1, 0.15) is 0 Å². The van der Waals surface area contributed by atoms with Crippen LogP contribution in [0.5, 0.6) is 17.2 Å². The molecule has 0 heterocycles. The number of aromatic hydroxyl groups is 2. The molecule has 36 heavy (non-hydrogen) atoms. The number of benzene rings is 2. The van der Waals surface area contributed by atoms with Gasteiger partial charge in [0.2, 0.25) is 5.75 Å². The first-order valence-electron chi connectivity index (χ1n) is 13.7. The fourth-order valence-corrected chi connectivity index (χ4v) is 4.06. The summed E-state index contributed by atoms with van der Waals surface area (Å²) in [6.07, 6.45) is 24.2. The molecule has 0 aliphatic rings. The van der Waals surface area contributed by atoms with Crippen molar-refractivity contribution in [1.29, 1.82) is 0 Å². The molecule has 2 N–H and O–H groups in total. The van der Waals surface area contributed by atoms with Gasteiger partial charge < -0.3 is 14.9 Å². The summed E-state index contributed by atoms with van der Waals surface area (Å²) in [5, 5.41) is 20.1. The molecule has 0 aliphatic carbocycles. The molecule has 0 amide bonds. The van der Waals surface area contributed by atoms with Crippen LogP contribution in [-0.4, -0.2) is 16.2 Å². The number of ether oxygens (including phenoxy) is 1. The van der Waals surface area contributed by atoms with E-state index in [0.29, 0.717) is 12.0 Å². The Hall–Kier alpha value is -3.01. The number of hydrogen-bond acceptors (Lipinski definition) is 4. The SMILES string of the molecule is CCCCCCCC/C=C\CCCCCCCC(=O)Oc1cc(C=Cc2ccccc2)cc(O)c1O. The van der Waals surface area contributed by atoms with Crippen LogP contribution in [0.25, 0.3) is 12.2 Å². The Kier molecular flexibility index (Phi) is 14.8. The highest BCUT2D eigenvalue weighted by Gasteiger charge is 2.13. The van der Waals surface area contributed by atoms with E-state index in [-0.39, 0.29) is 11.5 Å². The fourth-order valence-electron chi connectivity index (χ4n) is 4.06. The lowest BCUT2D eigenvalue weighted by Crippen LogP contribution is -2.07.